The molecule has 1 fully saturated rings. The molecule has 0 aromatic heterocycles. The maximum absolute atomic E-state index is 14.1. The van der Waals surface area contributed by atoms with Gasteiger partial charge in [0.15, 0.2) is 0 Å². The van der Waals surface area contributed by atoms with Crippen LogP contribution in [0.2, 0.25) is 0 Å². The van der Waals surface area contributed by atoms with Crippen molar-refractivity contribution in [3.05, 3.63) is 29.6 Å². The fourth-order valence-corrected chi connectivity index (χ4v) is 3.18. The van der Waals surface area contributed by atoms with Gasteiger partial charge in [0.1, 0.15) is 5.82 Å². The Morgan fingerprint density at radius 3 is 2.89 bits per heavy atom. The van der Waals surface area contributed by atoms with Crippen LogP contribution in [0.15, 0.2) is 18.2 Å². The summed E-state index contributed by atoms with van der Waals surface area (Å²) in [7, 11) is 4.15. The highest BCUT2D eigenvalue weighted by atomic mass is 79.9. The SMILES string of the molecule is CN(C)CC1CCCN1c1c(F)cccc1CBr. The molecule has 1 heterocycles. The van der Waals surface area contributed by atoms with Crippen molar-refractivity contribution in [2.75, 3.05) is 32.1 Å². The highest BCUT2D eigenvalue weighted by Gasteiger charge is 2.28. The van der Waals surface area contributed by atoms with Crippen LogP contribution >= 0.6 is 15.9 Å². The lowest BCUT2D eigenvalue weighted by molar-refractivity contribution is 0.371. The van der Waals surface area contributed by atoms with Crippen molar-refractivity contribution < 1.29 is 4.39 Å². The zero-order valence-corrected chi connectivity index (χ0v) is 12.6. The molecule has 2 rings (SSSR count). The summed E-state index contributed by atoms with van der Waals surface area (Å²) in [5.74, 6) is -0.0994. The molecule has 0 spiro atoms. The molecule has 1 aromatic carbocycles. The van der Waals surface area contributed by atoms with Crippen molar-refractivity contribution in [3.8, 4) is 0 Å². The van der Waals surface area contributed by atoms with Crippen molar-refractivity contribution in [2.45, 2.75) is 24.2 Å². The van der Waals surface area contributed by atoms with Crippen LogP contribution in [0.1, 0.15) is 18.4 Å². The molecule has 0 radical (unpaired) electrons. The number of rotatable bonds is 4. The minimum absolute atomic E-state index is 0.0994. The number of likely N-dealkylation sites (N-methyl/N-ethyl adjacent to an activating group) is 1. The highest BCUT2D eigenvalue weighted by molar-refractivity contribution is 9.08. The van der Waals surface area contributed by atoms with Gasteiger partial charge in [-0.15, -0.1) is 0 Å². The number of nitrogens with zero attached hydrogens (tertiary/aromatic N) is 2. The van der Waals surface area contributed by atoms with Crippen molar-refractivity contribution in [1.29, 1.82) is 0 Å². The molecule has 0 aliphatic carbocycles. The Morgan fingerprint density at radius 1 is 1.44 bits per heavy atom. The van der Waals surface area contributed by atoms with Crippen molar-refractivity contribution >= 4 is 21.6 Å². The smallest absolute Gasteiger partial charge is 0.146 e. The van der Waals surface area contributed by atoms with E-state index in [1.165, 1.54) is 0 Å². The van der Waals surface area contributed by atoms with E-state index in [0.717, 1.165) is 37.2 Å². The third-order valence-electron chi connectivity index (χ3n) is 3.45. The Kier molecular flexibility index (Phi) is 4.62. The molecule has 1 saturated heterocycles. The zero-order chi connectivity index (χ0) is 13.1. The van der Waals surface area contributed by atoms with Gasteiger partial charge in [-0.05, 0) is 38.6 Å². The molecular formula is C14H20BrFN2. The number of hydrogen-bond acceptors (Lipinski definition) is 2. The van der Waals surface area contributed by atoms with E-state index < -0.39 is 0 Å². The van der Waals surface area contributed by atoms with E-state index in [2.05, 4.69) is 39.8 Å². The van der Waals surface area contributed by atoms with Gasteiger partial charge in [-0.3, -0.25) is 0 Å². The van der Waals surface area contributed by atoms with E-state index in [-0.39, 0.29) is 5.82 Å². The first-order valence-corrected chi connectivity index (χ1v) is 7.50. The topological polar surface area (TPSA) is 6.48 Å². The van der Waals surface area contributed by atoms with Crippen LogP contribution in [0.4, 0.5) is 10.1 Å². The molecule has 4 heteroatoms. The summed E-state index contributed by atoms with van der Waals surface area (Å²) in [6, 6.07) is 5.77. The summed E-state index contributed by atoms with van der Waals surface area (Å²) in [5, 5.41) is 0.700. The molecule has 18 heavy (non-hydrogen) atoms. The Labute approximate surface area is 117 Å². The number of benzene rings is 1. The van der Waals surface area contributed by atoms with Crippen molar-refractivity contribution in [2.24, 2.45) is 0 Å². The summed E-state index contributed by atoms with van der Waals surface area (Å²) in [4.78, 5) is 4.42. The van der Waals surface area contributed by atoms with E-state index in [9.17, 15) is 4.39 Å². The zero-order valence-electron chi connectivity index (χ0n) is 11.0. The number of para-hydroxylation sites is 1. The molecule has 100 valence electrons. The van der Waals surface area contributed by atoms with Crippen LogP contribution < -0.4 is 4.90 Å². The Bertz CT molecular complexity index is 409. The monoisotopic (exact) mass is 314 g/mol. The van der Waals surface area contributed by atoms with E-state index in [1.807, 2.05) is 6.07 Å². The van der Waals surface area contributed by atoms with E-state index in [1.54, 1.807) is 12.1 Å². The third kappa shape index (κ3) is 2.86. The van der Waals surface area contributed by atoms with Gasteiger partial charge in [0, 0.05) is 24.5 Å². The fourth-order valence-electron chi connectivity index (χ4n) is 2.73. The molecule has 1 aliphatic heterocycles. The summed E-state index contributed by atoms with van der Waals surface area (Å²) in [5.41, 5.74) is 1.83. The van der Waals surface area contributed by atoms with E-state index in [4.69, 9.17) is 0 Å². The minimum Gasteiger partial charge on any atom is -0.365 e. The average Bonchev–Trinajstić information content (AvgIpc) is 2.75. The summed E-state index contributed by atoms with van der Waals surface area (Å²) in [6.07, 6.45) is 2.29. The molecule has 1 aromatic rings. The van der Waals surface area contributed by atoms with Crippen molar-refractivity contribution in [3.63, 3.8) is 0 Å². The Hall–Kier alpha value is -0.610. The molecule has 0 saturated carbocycles. The molecule has 0 amide bonds. The normalized spacial score (nSPS) is 19.8. The van der Waals surface area contributed by atoms with Crippen LogP contribution in [-0.2, 0) is 5.33 Å². The molecule has 0 N–H and O–H groups in total. The number of hydrogen-bond donors (Lipinski definition) is 0. The number of halogens is 2. The highest BCUT2D eigenvalue weighted by Crippen LogP contribution is 2.32. The Morgan fingerprint density at radius 2 is 2.22 bits per heavy atom. The predicted molar refractivity (Wildman–Crippen MR) is 78.0 cm³/mol. The van der Waals surface area contributed by atoms with Gasteiger partial charge in [-0.25, -0.2) is 4.39 Å². The number of anilines is 1. The lowest BCUT2D eigenvalue weighted by atomic mass is 10.1. The minimum atomic E-state index is -0.0994. The summed E-state index contributed by atoms with van der Waals surface area (Å²) < 4.78 is 14.1. The first-order valence-electron chi connectivity index (χ1n) is 6.38. The first kappa shape index (κ1) is 13.8. The Balaban J connectivity index is 2.29. The van der Waals surface area contributed by atoms with Gasteiger partial charge in [-0.2, -0.15) is 0 Å². The molecule has 1 unspecified atom stereocenters. The van der Waals surface area contributed by atoms with Gasteiger partial charge >= 0.3 is 0 Å². The molecule has 1 atom stereocenters. The molecule has 2 nitrogen and oxygen atoms in total. The van der Waals surface area contributed by atoms with Gasteiger partial charge < -0.3 is 9.80 Å². The first-order chi connectivity index (χ1) is 8.63. The summed E-state index contributed by atoms with van der Waals surface area (Å²) in [6.45, 7) is 1.94. The lowest BCUT2D eigenvalue weighted by Gasteiger charge is -2.30. The van der Waals surface area contributed by atoms with Crippen LogP contribution in [-0.4, -0.2) is 38.1 Å². The maximum Gasteiger partial charge on any atom is 0.146 e. The fraction of sp³-hybridized carbons (Fsp3) is 0.571. The second-order valence-corrected chi connectivity index (χ2v) is 5.69. The van der Waals surface area contributed by atoms with Gasteiger partial charge in [0.05, 0.1) is 5.69 Å². The van der Waals surface area contributed by atoms with E-state index in [0.29, 0.717) is 11.4 Å². The third-order valence-corrected chi connectivity index (χ3v) is 4.06. The van der Waals surface area contributed by atoms with Gasteiger partial charge in [-0.1, -0.05) is 28.1 Å². The average molecular weight is 315 g/mol. The van der Waals surface area contributed by atoms with Crippen molar-refractivity contribution in [1.82, 2.24) is 4.90 Å². The molecular weight excluding hydrogens is 295 g/mol. The molecule has 0 bridgehead atoms. The second kappa shape index (κ2) is 6.02. The largest absolute Gasteiger partial charge is 0.365 e. The number of alkyl halides is 1. The summed E-state index contributed by atoms with van der Waals surface area (Å²) >= 11 is 3.46. The van der Waals surface area contributed by atoms with E-state index >= 15 is 0 Å². The van der Waals surface area contributed by atoms with Crippen LogP contribution in [0.25, 0.3) is 0 Å². The lowest BCUT2D eigenvalue weighted by Crippen LogP contribution is -2.38. The van der Waals surface area contributed by atoms with Gasteiger partial charge in [0.2, 0.25) is 0 Å². The second-order valence-electron chi connectivity index (χ2n) is 5.13. The molecule has 1 aliphatic rings. The predicted octanol–water partition coefficient (Wildman–Crippen LogP) is 3.25. The maximum atomic E-state index is 14.1. The van der Waals surface area contributed by atoms with Crippen LogP contribution in [0.5, 0.6) is 0 Å². The van der Waals surface area contributed by atoms with Crippen LogP contribution in [0.3, 0.4) is 0 Å². The van der Waals surface area contributed by atoms with Gasteiger partial charge in [0.25, 0.3) is 0 Å². The van der Waals surface area contributed by atoms with Crippen LogP contribution in [0, 0.1) is 5.82 Å². The standard InChI is InChI=1S/C14H20BrFN2/c1-17(2)10-12-6-4-8-18(12)14-11(9-15)5-3-7-13(14)16/h3,5,7,12H,4,6,8-10H2,1-2H3. The quantitative estimate of drug-likeness (QED) is 0.787.